The molecule has 0 amide bonds. The number of nitrogens with zero attached hydrogens (tertiary/aromatic N) is 1. The van der Waals surface area contributed by atoms with Gasteiger partial charge in [0.1, 0.15) is 0 Å². The zero-order valence-corrected chi connectivity index (χ0v) is 10.3. The fourth-order valence-corrected chi connectivity index (χ4v) is 2.20. The van der Waals surface area contributed by atoms with E-state index in [1.807, 2.05) is 6.92 Å². The number of benzene rings is 1. The first-order chi connectivity index (χ1) is 7.59. The molecule has 1 heterocycles. The minimum atomic E-state index is 0.0959. The smallest absolute Gasteiger partial charge is 0.0483 e. The van der Waals surface area contributed by atoms with Gasteiger partial charge in [0, 0.05) is 29.7 Å². The quantitative estimate of drug-likeness (QED) is 0.838. The van der Waals surface area contributed by atoms with Gasteiger partial charge in [0.15, 0.2) is 0 Å². The molecule has 0 aliphatic rings. The lowest BCUT2D eigenvalue weighted by atomic mass is 10.0. The van der Waals surface area contributed by atoms with Crippen molar-refractivity contribution in [3.8, 4) is 0 Å². The van der Waals surface area contributed by atoms with Gasteiger partial charge in [0.05, 0.1) is 0 Å². The van der Waals surface area contributed by atoms with Crippen molar-refractivity contribution < 1.29 is 0 Å². The number of hydrogen-bond donors (Lipinski definition) is 1. The van der Waals surface area contributed by atoms with E-state index in [-0.39, 0.29) is 6.04 Å². The predicted molar refractivity (Wildman–Crippen MR) is 69.4 cm³/mol. The van der Waals surface area contributed by atoms with Gasteiger partial charge in [-0.25, -0.2) is 0 Å². The summed E-state index contributed by atoms with van der Waals surface area (Å²) >= 11 is 0. The van der Waals surface area contributed by atoms with Crippen LogP contribution < -0.4 is 5.73 Å². The van der Waals surface area contributed by atoms with E-state index in [1.54, 1.807) is 0 Å². The van der Waals surface area contributed by atoms with Gasteiger partial charge in [-0.3, -0.25) is 0 Å². The molecule has 0 spiro atoms. The minimum Gasteiger partial charge on any atom is -0.347 e. The van der Waals surface area contributed by atoms with Crippen LogP contribution in [-0.4, -0.2) is 4.57 Å². The Morgan fingerprint density at radius 1 is 1.19 bits per heavy atom. The zero-order chi connectivity index (χ0) is 11.7. The second-order valence-corrected chi connectivity index (χ2v) is 4.93. The second kappa shape index (κ2) is 4.30. The van der Waals surface area contributed by atoms with Crippen molar-refractivity contribution in [2.24, 2.45) is 11.7 Å². The Morgan fingerprint density at radius 3 is 2.56 bits per heavy atom. The van der Waals surface area contributed by atoms with Crippen molar-refractivity contribution in [2.75, 3.05) is 0 Å². The maximum absolute atomic E-state index is 5.98. The summed E-state index contributed by atoms with van der Waals surface area (Å²) in [6.07, 6.45) is 2.16. The summed E-state index contributed by atoms with van der Waals surface area (Å²) in [4.78, 5) is 0. The summed E-state index contributed by atoms with van der Waals surface area (Å²) < 4.78 is 2.31. The molecule has 2 nitrogen and oxygen atoms in total. The van der Waals surface area contributed by atoms with E-state index in [4.69, 9.17) is 5.73 Å². The van der Waals surface area contributed by atoms with Gasteiger partial charge in [0.25, 0.3) is 0 Å². The number of fused-ring (bicyclic) bond motifs is 1. The highest BCUT2D eigenvalue weighted by Gasteiger charge is 2.08. The minimum absolute atomic E-state index is 0.0959. The summed E-state index contributed by atoms with van der Waals surface area (Å²) in [5.41, 5.74) is 8.51. The zero-order valence-electron chi connectivity index (χ0n) is 10.3. The van der Waals surface area contributed by atoms with Crippen LogP contribution in [0.3, 0.4) is 0 Å². The van der Waals surface area contributed by atoms with Crippen LogP contribution in [0.5, 0.6) is 0 Å². The average molecular weight is 216 g/mol. The third kappa shape index (κ3) is 1.98. The lowest BCUT2D eigenvalue weighted by Gasteiger charge is -2.10. The van der Waals surface area contributed by atoms with Crippen molar-refractivity contribution in [1.29, 1.82) is 0 Å². The molecule has 0 radical (unpaired) electrons. The Morgan fingerprint density at radius 2 is 1.94 bits per heavy atom. The molecular weight excluding hydrogens is 196 g/mol. The highest BCUT2D eigenvalue weighted by atomic mass is 15.0. The Kier molecular flexibility index (Phi) is 3.01. The van der Waals surface area contributed by atoms with Crippen LogP contribution in [0.1, 0.15) is 32.4 Å². The van der Waals surface area contributed by atoms with Gasteiger partial charge in [-0.05, 0) is 30.5 Å². The average Bonchev–Trinajstić information content (AvgIpc) is 2.60. The van der Waals surface area contributed by atoms with Crippen LogP contribution in [0.4, 0.5) is 0 Å². The third-order valence-electron chi connectivity index (χ3n) is 2.90. The maximum Gasteiger partial charge on any atom is 0.0483 e. The summed E-state index contributed by atoms with van der Waals surface area (Å²) in [5.74, 6) is 0.662. The lowest BCUT2D eigenvalue weighted by Crippen LogP contribution is -2.06. The molecule has 1 atom stereocenters. The molecule has 0 fully saturated rings. The van der Waals surface area contributed by atoms with Crippen LogP contribution in [0.15, 0.2) is 30.5 Å². The molecule has 1 unspecified atom stereocenters. The molecule has 0 saturated carbocycles. The predicted octanol–water partition coefficient (Wildman–Crippen LogP) is 3.32. The fraction of sp³-hybridized carbons (Fsp3) is 0.429. The molecule has 2 rings (SSSR count). The van der Waals surface area contributed by atoms with Crippen molar-refractivity contribution in [1.82, 2.24) is 4.57 Å². The normalized spacial score (nSPS) is 13.6. The number of rotatable bonds is 3. The van der Waals surface area contributed by atoms with Crippen molar-refractivity contribution in [3.63, 3.8) is 0 Å². The van der Waals surface area contributed by atoms with Crippen molar-refractivity contribution in [3.05, 3.63) is 36.0 Å². The maximum atomic E-state index is 5.98. The SMILES string of the molecule is CC(C)Cn1ccc2c(C(C)N)cccc21. The topological polar surface area (TPSA) is 30.9 Å². The molecule has 0 aliphatic heterocycles. The first kappa shape index (κ1) is 11.2. The number of aromatic nitrogens is 1. The monoisotopic (exact) mass is 216 g/mol. The van der Waals surface area contributed by atoms with Crippen LogP contribution in [0, 0.1) is 5.92 Å². The molecule has 2 aromatic rings. The van der Waals surface area contributed by atoms with Gasteiger partial charge in [-0.2, -0.15) is 0 Å². The Balaban J connectivity index is 2.52. The van der Waals surface area contributed by atoms with Gasteiger partial charge in [-0.15, -0.1) is 0 Å². The third-order valence-corrected chi connectivity index (χ3v) is 2.90. The summed E-state index contributed by atoms with van der Waals surface area (Å²) in [6, 6.07) is 8.66. The Bertz CT molecular complexity index is 480. The highest BCUT2D eigenvalue weighted by Crippen LogP contribution is 2.24. The van der Waals surface area contributed by atoms with E-state index < -0.39 is 0 Å². The van der Waals surface area contributed by atoms with E-state index in [0.717, 1.165) is 6.54 Å². The molecule has 1 aromatic carbocycles. The summed E-state index contributed by atoms with van der Waals surface area (Å²) in [7, 11) is 0. The molecule has 2 N–H and O–H groups in total. The Labute approximate surface area is 97.1 Å². The van der Waals surface area contributed by atoms with Crippen LogP contribution in [0.25, 0.3) is 10.9 Å². The molecule has 16 heavy (non-hydrogen) atoms. The first-order valence-electron chi connectivity index (χ1n) is 5.93. The van der Waals surface area contributed by atoms with Crippen molar-refractivity contribution in [2.45, 2.75) is 33.4 Å². The van der Waals surface area contributed by atoms with E-state index in [2.05, 4.69) is 48.9 Å². The highest BCUT2D eigenvalue weighted by molar-refractivity contribution is 5.84. The lowest BCUT2D eigenvalue weighted by molar-refractivity contribution is 0.535. The molecule has 2 heteroatoms. The van der Waals surface area contributed by atoms with E-state index >= 15 is 0 Å². The molecule has 0 aliphatic carbocycles. The van der Waals surface area contributed by atoms with Crippen LogP contribution >= 0.6 is 0 Å². The molecule has 0 bridgehead atoms. The van der Waals surface area contributed by atoms with Crippen molar-refractivity contribution >= 4 is 10.9 Å². The van der Waals surface area contributed by atoms with Gasteiger partial charge >= 0.3 is 0 Å². The van der Waals surface area contributed by atoms with Gasteiger partial charge in [-0.1, -0.05) is 26.0 Å². The first-order valence-corrected chi connectivity index (χ1v) is 5.93. The standard InChI is InChI=1S/C14H20N2/c1-10(2)9-16-8-7-13-12(11(3)15)5-4-6-14(13)16/h4-8,10-11H,9,15H2,1-3H3. The fourth-order valence-electron chi connectivity index (χ4n) is 2.20. The summed E-state index contributed by atoms with van der Waals surface area (Å²) in [5, 5.41) is 1.29. The van der Waals surface area contributed by atoms with E-state index in [9.17, 15) is 0 Å². The van der Waals surface area contributed by atoms with Gasteiger partial charge < -0.3 is 10.3 Å². The van der Waals surface area contributed by atoms with E-state index in [1.165, 1.54) is 16.5 Å². The molecule has 1 aromatic heterocycles. The number of hydrogen-bond acceptors (Lipinski definition) is 1. The number of nitrogens with two attached hydrogens (primary N) is 1. The van der Waals surface area contributed by atoms with Crippen LogP contribution in [-0.2, 0) is 6.54 Å². The van der Waals surface area contributed by atoms with Gasteiger partial charge in [0.2, 0.25) is 0 Å². The summed E-state index contributed by atoms with van der Waals surface area (Å²) in [6.45, 7) is 7.57. The van der Waals surface area contributed by atoms with Crippen LogP contribution in [0.2, 0.25) is 0 Å². The molecular formula is C14H20N2. The second-order valence-electron chi connectivity index (χ2n) is 4.93. The largest absolute Gasteiger partial charge is 0.347 e. The Hall–Kier alpha value is -1.28. The van der Waals surface area contributed by atoms with E-state index in [0.29, 0.717) is 5.92 Å². The molecule has 86 valence electrons. The molecule has 0 saturated heterocycles.